The average molecular weight is 328 g/mol. The summed E-state index contributed by atoms with van der Waals surface area (Å²) in [6, 6.07) is 8.37. The summed E-state index contributed by atoms with van der Waals surface area (Å²) < 4.78 is 10.6. The van der Waals surface area contributed by atoms with Crippen molar-refractivity contribution in [3.8, 4) is 11.5 Å². The van der Waals surface area contributed by atoms with Gasteiger partial charge in [-0.2, -0.15) is 0 Å². The molecule has 0 bridgehead atoms. The highest BCUT2D eigenvalue weighted by Gasteiger charge is 2.15. The van der Waals surface area contributed by atoms with Crippen molar-refractivity contribution in [2.75, 3.05) is 24.9 Å². The van der Waals surface area contributed by atoms with Crippen molar-refractivity contribution in [3.63, 3.8) is 0 Å². The average Bonchev–Trinajstić information content (AvgIpc) is 3.13. The van der Waals surface area contributed by atoms with Crippen molar-refractivity contribution in [2.24, 2.45) is 0 Å². The number of anilines is 2. The van der Waals surface area contributed by atoms with Gasteiger partial charge in [0.05, 0.1) is 14.2 Å². The smallest absolute Gasteiger partial charge is 0.161 e. The summed E-state index contributed by atoms with van der Waals surface area (Å²) in [6.07, 6.45) is 6.63. The van der Waals surface area contributed by atoms with Crippen LogP contribution in [0.5, 0.6) is 11.5 Å². The largest absolute Gasteiger partial charge is 0.493 e. The van der Waals surface area contributed by atoms with Crippen molar-refractivity contribution in [1.29, 1.82) is 0 Å². The third-order valence-corrected chi connectivity index (χ3v) is 4.30. The lowest BCUT2D eigenvalue weighted by atomic mass is 10.2. The van der Waals surface area contributed by atoms with Crippen molar-refractivity contribution in [3.05, 3.63) is 36.2 Å². The minimum absolute atomic E-state index is 0.540. The third-order valence-electron chi connectivity index (χ3n) is 4.30. The normalized spacial score (nSPS) is 14.4. The molecule has 1 aliphatic rings. The van der Waals surface area contributed by atoms with E-state index in [1.807, 2.05) is 24.3 Å². The topological polar surface area (TPSA) is 68.3 Å². The van der Waals surface area contributed by atoms with E-state index >= 15 is 0 Å². The van der Waals surface area contributed by atoms with Crippen LogP contribution < -0.4 is 20.1 Å². The molecule has 1 aromatic heterocycles. The van der Waals surface area contributed by atoms with Gasteiger partial charge in [0.1, 0.15) is 18.0 Å². The highest BCUT2D eigenvalue weighted by atomic mass is 16.5. The van der Waals surface area contributed by atoms with Gasteiger partial charge in [-0.25, -0.2) is 9.97 Å². The SMILES string of the molecule is COc1ccc(CNc2cc(NC3CCCC3)ncn2)cc1OC. The number of nitrogens with one attached hydrogen (secondary N) is 2. The van der Waals surface area contributed by atoms with Crippen LogP contribution in [0.4, 0.5) is 11.6 Å². The maximum Gasteiger partial charge on any atom is 0.161 e. The summed E-state index contributed by atoms with van der Waals surface area (Å²) in [5.74, 6) is 3.14. The molecular formula is C18H24N4O2. The molecule has 0 atom stereocenters. The lowest BCUT2D eigenvalue weighted by Gasteiger charge is -2.14. The van der Waals surface area contributed by atoms with Crippen molar-refractivity contribution in [1.82, 2.24) is 9.97 Å². The van der Waals surface area contributed by atoms with Crippen LogP contribution in [0.3, 0.4) is 0 Å². The molecular weight excluding hydrogens is 304 g/mol. The Balaban J connectivity index is 1.61. The zero-order chi connectivity index (χ0) is 16.8. The van der Waals surface area contributed by atoms with Gasteiger partial charge in [-0.1, -0.05) is 18.9 Å². The van der Waals surface area contributed by atoms with Crippen LogP contribution in [-0.4, -0.2) is 30.2 Å². The Hall–Kier alpha value is -2.50. The molecule has 0 aliphatic heterocycles. The minimum Gasteiger partial charge on any atom is -0.493 e. The van der Waals surface area contributed by atoms with Crippen LogP contribution in [-0.2, 0) is 6.54 Å². The Kier molecular flexibility index (Phi) is 5.36. The Morgan fingerprint density at radius 3 is 2.50 bits per heavy atom. The minimum atomic E-state index is 0.540. The molecule has 0 radical (unpaired) electrons. The van der Waals surface area contributed by atoms with Gasteiger partial charge in [0.15, 0.2) is 11.5 Å². The first-order chi connectivity index (χ1) is 11.8. The molecule has 2 aromatic rings. The lowest BCUT2D eigenvalue weighted by Crippen LogP contribution is -2.15. The summed E-state index contributed by atoms with van der Waals surface area (Å²) >= 11 is 0. The Bertz CT molecular complexity index is 672. The zero-order valence-corrected chi connectivity index (χ0v) is 14.2. The van der Waals surface area contributed by atoms with Crippen molar-refractivity contribution >= 4 is 11.6 Å². The van der Waals surface area contributed by atoms with Crippen LogP contribution in [0.25, 0.3) is 0 Å². The third kappa shape index (κ3) is 4.07. The highest BCUT2D eigenvalue weighted by Crippen LogP contribution is 2.28. The van der Waals surface area contributed by atoms with E-state index < -0.39 is 0 Å². The van der Waals surface area contributed by atoms with E-state index in [1.165, 1.54) is 25.7 Å². The first kappa shape index (κ1) is 16.4. The molecule has 1 heterocycles. The van der Waals surface area contributed by atoms with E-state index in [2.05, 4.69) is 20.6 Å². The fraction of sp³-hybridized carbons (Fsp3) is 0.444. The Morgan fingerprint density at radius 1 is 1.00 bits per heavy atom. The predicted molar refractivity (Wildman–Crippen MR) is 94.8 cm³/mol. The molecule has 0 saturated heterocycles. The second kappa shape index (κ2) is 7.86. The van der Waals surface area contributed by atoms with Gasteiger partial charge in [0.25, 0.3) is 0 Å². The molecule has 128 valence electrons. The molecule has 1 fully saturated rings. The summed E-state index contributed by atoms with van der Waals surface area (Å²) in [6.45, 7) is 0.653. The Labute approximate surface area is 142 Å². The molecule has 1 saturated carbocycles. The van der Waals surface area contributed by atoms with Crippen LogP contribution >= 0.6 is 0 Å². The maximum absolute atomic E-state index is 5.33. The number of aromatic nitrogens is 2. The molecule has 0 unspecified atom stereocenters. The number of benzene rings is 1. The number of ether oxygens (including phenoxy) is 2. The lowest BCUT2D eigenvalue weighted by molar-refractivity contribution is 0.354. The quantitative estimate of drug-likeness (QED) is 0.811. The van der Waals surface area contributed by atoms with E-state index in [-0.39, 0.29) is 0 Å². The highest BCUT2D eigenvalue weighted by molar-refractivity contribution is 5.48. The maximum atomic E-state index is 5.33. The molecule has 0 spiro atoms. The van der Waals surface area contributed by atoms with Gasteiger partial charge in [-0.15, -0.1) is 0 Å². The van der Waals surface area contributed by atoms with E-state index in [0.29, 0.717) is 12.6 Å². The van der Waals surface area contributed by atoms with Gasteiger partial charge >= 0.3 is 0 Å². The molecule has 0 amide bonds. The van der Waals surface area contributed by atoms with Crippen LogP contribution in [0.1, 0.15) is 31.2 Å². The molecule has 6 heteroatoms. The number of nitrogens with zero attached hydrogens (tertiary/aromatic N) is 2. The summed E-state index contributed by atoms with van der Waals surface area (Å²) in [7, 11) is 3.27. The number of hydrogen-bond donors (Lipinski definition) is 2. The second-order valence-corrected chi connectivity index (χ2v) is 5.96. The summed E-state index contributed by atoms with van der Waals surface area (Å²) in [5, 5.41) is 6.81. The first-order valence-electron chi connectivity index (χ1n) is 8.32. The van der Waals surface area contributed by atoms with Gasteiger partial charge in [-0.05, 0) is 30.5 Å². The van der Waals surface area contributed by atoms with Crippen molar-refractivity contribution in [2.45, 2.75) is 38.3 Å². The van der Waals surface area contributed by atoms with Gasteiger partial charge < -0.3 is 20.1 Å². The Morgan fingerprint density at radius 2 is 1.75 bits per heavy atom. The van der Waals surface area contributed by atoms with Crippen molar-refractivity contribution < 1.29 is 9.47 Å². The number of rotatable bonds is 7. The molecule has 6 nitrogen and oxygen atoms in total. The van der Waals surface area contributed by atoms with Crippen LogP contribution in [0.15, 0.2) is 30.6 Å². The van der Waals surface area contributed by atoms with Crippen LogP contribution in [0, 0.1) is 0 Å². The fourth-order valence-electron chi connectivity index (χ4n) is 3.00. The van der Waals surface area contributed by atoms with E-state index in [1.54, 1.807) is 20.5 Å². The van der Waals surface area contributed by atoms with Crippen LogP contribution in [0.2, 0.25) is 0 Å². The molecule has 2 N–H and O–H groups in total. The number of hydrogen-bond acceptors (Lipinski definition) is 6. The molecule has 3 rings (SSSR count). The van der Waals surface area contributed by atoms with E-state index in [4.69, 9.17) is 9.47 Å². The second-order valence-electron chi connectivity index (χ2n) is 5.96. The predicted octanol–water partition coefficient (Wildman–Crippen LogP) is 3.46. The monoisotopic (exact) mass is 328 g/mol. The summed E-state index contributed by atoms with van der Waals surface area (Å²) in [5.41, 5.74) is 1.09. The molecule has 1 aliphatic carbocycles. The van der Waals surface area contributed by atoms with Gasteiger partial charge in [0, 0.05) is 18.7 Å². The van der Waals surface area contributed by atoms with Gasteiger partial charge in [0.2, 0.25) is 0 Å². The van der Waals surface area contributed by atoms with E-state index in [9.17, 15) is 0 Å². The summed E-state index contributed by atoms with van der Waals surface area (Å²) in [4.78, 5) is 8.60. The number of methoxy groups -OCH3 is 2. The first-order valence-corrected chi connectivity index (χ1v) is 8.32. The zero-order valence-electron chi connectivity index (χ0n) is 14.2. The molecule has 1 aromatic carbocycles. The molecule has 24 heavy (non-hydrogen) atoms. The standard InChI is InChI=1S/C18H24N4O2/c1-23-15-8-7-13(9-16(15)24-2)11-19-17-10-18(21-12-20-17)22-14-5-3-4-6-14/h7-10,12,14H,3-6,11H2,1-2H3,(H2,19,20,21,22). The van der Waals surface area contributed by atoms with Gasteiger partial charge in [-0.3, -0.25) is 0 Å². The fourth-order valence-corrected chi connectivity index (χ4v) is 3.00. The van der Waals surface area contributed by atoms with E-state index in [0.717, 1.165) is 28.7 Å².